The normalized spacial score (nSPS) is 12.6. The highest BCUT2D eigenvalue weighted by Crippen LogP contribution is 2.03. The topological polar surface area (TPSA) is 57.2 Å². The molecule has 0 radical (unpaired) electrons. The van der Waals surface area contributed by atoms with Gasteiger partial charge in [0.25, 0.3) is 0 Å². The number of hydrogen-bond acceptors (Lipinski definition) is 1. The Balaban J connectivity index is 4.80. The summed E-state index contributed by atoms with van der Waals surface area (Å²) in [6.07, 6.45) is 6.95. The van der Waals surface area contributed by atoms with E-state index in [1.54, 1.807) is 7.05 Å². The van der Waals surface area contributed by atoms with Crippen molar-refractivity contribution in [2.75, 3.05) is 33.7 Å². The molecule has 0 spiro atoms. The molecule has 5 nitrogen and oxygen atoms in total. The van der Waals surface area contributed by atoms with E-state index >= 15 is 0 Å². The highest BCUT2D eigenvalue weighted by Gasteiger charge is 2.11. The first-order valence-electron chi connectivity index (χ1n) is 8.37. The van der Waals surface area contributed by atoms with Crippen LogP contribution < -0.4 is 5.73 Å². The first kappa shape index (κ1) is 19.7. The molecule has 0 bridgehead atoms. The molecular weight excluding hydrogens is 262 g/mol. The Labute approximate surface area is 131 Å². The Morgan fingerprint density at radius 1 is 0.905 bits per heavy atom. The molecule has 0 aromatic heterocycles. The molecule has 0 amide bonds. The first-order chi connectivity index (χ1) is 10.1. The summed E-state index contributed by atoms with van der Waals surface area (Å²) in [7, 11) is 3.78. The minimum atomic E-state index is 0.557. The Morgan fingerprint density at radius 3 is 1.81 bits per heavy atom. The molecule has 0 rings (SSSR count). The molecule has 0 saturated heterocycles. The lowest BCUT2D eigenvalue weighted by molar-refractivity contribution is 0.393. The Kier molecular flexibility index (Phi) is 11.7. The SMILES string of the molecule is CCCCN(C)C(N)=NC(=NC)N(CCCC)CCCC. The molecule has 0 aliphatic rings. The highest BCUT2D eigenvalue weighted by atomic mass is 15.3. The molecule has 0 aromatic carbocycles. The smallest absolute Gasteiger partial charge is 0.223 e. The van der Waals surface area contributed by atoms with Crippen LogP contribution in [-0.4, -0.2) is 55.4 Å². The Bertz CT molecular complexity index is 304. The zero-order valence-electron chi connectivity index (χ0n) is 14.7. The summed E-state index contributed by atoms with van der Waals surface area (Å²) in [6.45, 7) is 9.52. The number of rotatable bonds is 9. The van der Waals surface area contributed by atoms with Crippen molar-refractivity contribution in [3.05, 3.63) is 0 Å². The molecule has 0 aromatic rings. The van der Waals surface area contributed by atoms with Crippen LogP contribution in [0.3, 0.4) is 0 Å². The van der Waals surface area contributed by atoms with Gasteiger partial charge in [0.1, 0.15) is 0 Å². The lowest BCUT2D eigenvalue weighted by Crippen LogP contribution is -2.39. The molecule has 0 saturated carbocycles. The second-order valence-corrected chi connectivity index (χ2v) is 5.46. The van der Waals surface area contributed by atoms with Crippen LogP contribution in [0.15, 0.2) is 9.98 Å². The summed E-state index contributed by atoms with van der Waals surface area (Å²) in [5, 5.41) is 0. The maximum atomic E-state index is 6.10. The third-order valence-electron chi connectivity index (χ3n) is 3.50. The van der Waals surface area contributed by atoms with Crippen molar-refractivity contribution in [3.63, 3.8) is 0 Å². The number of nitrogens with two attached hydrogens (primary N) is 1. The van der Waals surface area contributed by atoms with Crippen LogP contribution in [0.5, 0.6) is 0 Å². The van der Waals surface area contributed by atoms with Gasteiger partial charge in [-0.25, -0.2) is 0 Å². The van der Waals surface area contributed by atoms with Crippen molar-refractivity contribution >= 4 is 11.9 Å². The average molecular weight is 297 g/mol. The number of aliphatic imine (C=N–C) groups is 2. The standard InChI is InChI=1S/C16H35N5/c1-6-9-12-20(5)15(17)19-16(18-4)21(13-10-7-2)14-11-8-3/h6-14H2,1-5H3,(H2,17,18,19). The van der Waals surface area contributed by atoms with Gasteiger partial charge in [0.05, 0.1) is 0 Å². The molecule has 0 heterocycles. The molecule has 2 N–H and O–H groups in total. The first-order valence-corrected chi connectivity index (χ1v) is 8.37. The van der Waals surface area contributed by atoms with E-state index in [1.807, 2.05) is 11.9 Å². The van der Waals surface area contributed by atoms with Gasteiger partial charge in [-0.1, -0.05) is 40.0 Å². The largest absolute Gasteiger partial charge is 0.369 e. The second kappa shape index (κ2) is 12.5. The summed E-state index contributed by atoms with van der Waals surface area (Å²) in [4.78, 5) is 13.2. The van der Waals surface area contributed by atoms with Gasteiger partial charge in [0.15, 0.2) is 5.96 Å². The van der Waals surface area contributed by atoms with Crippen molar-refractivity contribution in [2.45, 2.75) is 59.3 Å². The van der Waals surface area contributed by atoms with E-state index in [0.717, 1.165) is 51.3 Å². The molecule has 0 fully saturated rings. The maximum Gasteiger partial charge on any atom is 0.223 e. The van der Waals surface area contributed by atoms with Gasteiger partial charge in [0.2, 0.25) is 5.96 Å². The molecule has 0 unspecified atom stereocenters. The van der Waals surface area contributed by atoms with Crippen LogP contribution in [0.4, 0.5) is 0 Å². The number of guanidine groups is 2. The van der Waals surface area contributed by atoms with Crippen LogP contribution >= 0.6 is 0 Å². The minimum absolute atomic E-state index is 0.557. The van der Waals surface area contributed by atoms with Crippen LogP contribution in [-0.2, 0) is 0 Å². The summed E-state index contributed by atoms with van der Waals surface area (Å²) < 4.78 is 0. The van der Waals surface area contributed by atoms with E-state index < -0.39 is 0 Å². The maximum absolute atomic E-state index is 6.10. The lowest BCUT2D eigenvalue weighted by atomic mass is 10.3. The van der Waals surface area contributed by atoms with Crippen molar-refractivity contribution in [1.82, 2.24) is 9.80 Å². The summed E-state index contributed by atoms with van der Waals surface area (Å²) in [6, 6.07) is 0. The van der Waals surface area contributed by atoms with Crippen LogP contribution in [0.1, 0.15) is 59.3 Å². The molecule has 0 aliphatic heterocycles. The van der Waals surface area contributed by atoms with Gasteiger partial charge in [-0.2, -0.15) is 4.99 Å². The van der Waals surface area contributed by atoms with Crippen molar-refractivity contribution < 1.29 is 0 Å². The summed E-state index contributed by atoms with van der Waals surface area (Å²) in [5.41, 5.74) is 6.10. The van der Waals surface area contributed by atoms with E-state index in [4.69, 9.17) is 5.73 Å². The van der Waals surface area contributed by atoms with Crippen molar-refractivity contribution in [2.24, 2.45) is 15.7 Å². The fourth-order valence-corrected chi connectivity index (χ4v) is 1.97. The van der Waals surface area contributed by atoms with E-state index in [2.05, 4.69) is 35.7 Å². The molecule has 0 aliphatic carbocycles. The lowest BCUT2D eigenvalue weighted by Gasteiger charge is -2.25. The Morgan fingerprint density at radius 2 is 1.38 bits per heavy atom. The monoisotopic (exact) mass is 297 g/mol. The number of unbranched alkanes of at least 4 members (excludes halogenated alkanes) is 3. The van der Waals surface area contributed by atoms with E-state index in [9.17, 15) is 0 Å². The Hall–Kier alpha value is -1.26. The average Bonchev–Trinajstić information content (AvgIpc) is 2.50. The predicted octanol–water partition coefficient (Wildman–Crippen LogP) is 2.92. The van der Waals surface area contributed by atoms with Gasteiger partial charge in [-0.05, 0) is 19.3 Å². The zero-order valence-corrected chi connectivity index (χ0v) is 14.7. The minimum Gasteiger partial charge on any atom is -0.369 e. The zero-order chi connectivity index (χ0) is 16.1. The molecule has 5 heteroatoms. The third-order valence-corrected chi connectivity index (χ3v) is 3.50. The number of hydrogen-bond donors (Lipinski definition) is 1. The summed E-state index contributed by atoms with van der Waals surface area (Å²) in [5.74, 6) is 1.32. The predicted molar refractivity (Wildman–Crippen MR) is 93.9 cm³/mol. The highest BCUT2D eigenvalue weighted by molar-refractivity contribution is 5.94. The van der Waals surface area contributed by atoms with Crippen LogP contribution in [0.2, 0.25) is 0 Å². The fraction of sp³-hybridized carbons (Fsp3) is 0.875. The van der Waals surface area contributed by atoms with Crippen molar-refractivity contribution in [1.29, 1.82) is 0 Å². The third kappa shape index (κ3) is 8.58. The molecule has 0 atom stereocenters. The van der Waals surface area contributed by atoms with Gasteiger partial charge in [-0.3, -0.25) is 4.99 Å². The quantitative estimate of drug-likeness (QED) is 0.526. The summed E-state index contributed by atoms with van der Waals surface area (Å²) >= 11 is 0. The van der Waals surface area contributed by atoms with E-state index in [1.165, 1.54) is 12.8 Å². The van der Waals surface area contributed by atoms with Crippen molar-refractivity contribution in [3.8, 4) is 0 Å². The van der Waals surface area contributed by atoms with Gasteiger partial charge in [0, 0.05) is 33.7 Å². The second-order valence-electron chi connectivity index (χ2n) is 5.46. The van der Waals surface area contributed by atoms with Gasteiger partial charge < -0.3 is 15.5 Å². The molecule has 21 heavy (non-hydrogen) atoms. The van der Waals surface area contributed by atoms with Crippen LogP contribution in [0, 0.1) is 0 Å². The molecule has 124 valence electrons. The molecular formula is C16H35N5. The van der Waals surface area contributed by atoms with Gasteiger partial charge >= 0.3 is 0 Å². The van der Waals surface area contributed by atoms with E-state index in [0.29, 0.717) is 5.96 Å². The van der Waals surface area contributed by atoms with E-state index in [-0.39, 0.29) is 0 Å². The number of nitrogens with zero attached hydrogens (tertiary/aromatic N) is 4. The van der Waals surface area contributed by atoms with Gasteiger partial charge in [-0.15, -0.1) is 0 Å². The fourth-order valence-electron chi connectivity index (χ4n) is 1.97. The van der Waals surface area contributed by atoms with Crippen LogP contribution in [0.25, 0.3) is 0 Å².